The van der Waals surface area contributed by atoms with Crippen LogP contribution < -0.4 is 10.6 Å². The van der Waals surface area contributed by atoms with Crippen LogP contribution in [0.5, 0.6) is 0 Å². The van der Waals surface area contributed by atoms with Gasteiger partial charge in [-0.05, 0) is 31.6 Å². The molecule has 6 nitrogen and oxygen atoms in total. The number of hydrogen-bond acceptors (Lipinski definition) is 4. The molecule has 0 atom stereocenters. The Hall–Kier alpha value is -2.47. The number of rotatable bonds is 5. The van der Waals surface area contributed by atoms with Crippen molar-refractivity contribution >= 4 is 28.4 Å². The molecule has 0 aliphatic rings. The van der Waals surface area contributed by atoms with Crippen LogP contribution in [-0.4, -0.2) is 48.9 Å². The Morgan fingerprint density at radius 3 is 2.54 bits per heavy atom. The van der Waals surface area contributed by atoms with Crippen molar-refractivity contribution in [3.05, 3.63) is 36.5 Å². The largest absolute Gasteiger partial charge is 0.347 e. The van der Waals surface area contributed by atoms with E-state index in [1.54, 1.807) is 12.3 Å². The van der Waals surface area contributed by atoms with Crippen molar-refractivity contribution in [2.24, 2.45) is 5.41 Å². The van der Waals surface area contributed by atoms with Crippen LogP contribution >= 0.6 is 0 Å². The molecule has 0 saturated heterocycles. The van der Waals surface area contributed by atoms with Crippen LogP contribution in [-0.2, 0) is 9.59 Å². The Morgan fingerprint density at radius 1 is 1.12 bits per heavy atom. The first kappa shape index (κ1) is 17.9. The monoisotopic (exact) mass is 328 g/mol. The SMILES string of the molecule is CN(C)CC(C)(C)CNC(=O)C(=O)Nc1cccc2cccnc12. The molecular formula is C18H24N4O2. The van der Waals surface area contributed by atoms with Crippen LogP contribution in [0, 0.1) is 5.41 Å². The Morgan fingerprint density at radius 2 is 1.83 bits per heavy atom. The summed E-state index contributed by atoms with van der Waals surface area (Å²) >= 11 is 0. The van der Waals surface area contributed by atoms with E-state index in [-0.39, 0.29) is 5.41 Å². The Balaban J connectivity index is 2.00. The molecule has 0 bridgehead atoms. The molecule has 1 aromatic carbocycles. The van der Waals surface area contributed by atoms with E-state index in [9.17, 15) is 9.59 Å². The van der Waals surface area contributed by atoms with Gasteiger partial charge in [-0.2, -0.15) is 0 Å². The molecule has 0 aliphatic heterocycles. The molecule has 128 valence electrons. The zero-order valence-electron chi connectivity index (χ0n) is 14.6. The number of para-hydroxylation sites is 1. The maximum atomic E-state index is 12.1. The number of amides is 2. The number of aromatic nitrogens is 1. The van der Waals surface area contributed by atoms with Gasteiger partial charge in [-0.1, -0.05) is 32.0 Å². The molecule has 2 rings (SSSR count). The Bertz CT molecular complexity index is 735. The molecule has 1 aromatic heterocycles. The highest BCUT2D eigenvalue weighted by Gasteiger charge is 2.22. The van der Waals surface area contributed by atoms with Crippen LogP contribution in [0.4, 0.5) is 5.69 Å². The van der Waals surface area contributed by atoms with Crippen molar-refractivity contribution in [3.63, 3.8) is 0 Å². The molecule has 0 saturated carbocycles. The molecule has 6 heteroatoms. The molecule has 2 N–H and O–H groups in total. The summed E-state index contributed by atoms with van der Waals surface area (Å²) in [5, 5.41) is 6.24. The van der Waals surface area contributed by atoms with Gasteiger partial charge in [0.15, 0.2) is 0 Å². The molecule has 1 heterocycles. The quantitative estimate of drug-likeness (QED) is 0.822. The minimum Gasteiger partial charge on any atom is -0.347 e. The fourth-order valence-corrected chi connectivity index (χ4v) is 2.70. The van der Waals surface area contributed by atoms with Gasteiger partial charge in [-0.25, -0.2) is 0 Å². The summed E-state index contributed by atoms with van der Waals surface area (Å²) in [5.74, 6) is -1.33. The van der Waals surface area contributed by atoms with Crippen LogP contribution in [0.2, 0.25) is 0 Å². The second-order valence-electron chi connectivity index (χ2n) is 6.92. The number of benzene rings is 1. The maximum Gasteiger partial charge on any atom is 0.313 e. The topological polar surface area (TPSA) is 74.3 Å². The summed E-state index contributed by atoms with van der Waals surface area (Å²) in [4.78, 5) is 30.5. The number of carbonyl (C=O) groups is 2. The summed E-state index contributed by atoms with van der Waals surface area (Å²) in [6.07, 6.45) is 1.65. The van der Waals surface area contributed by atoms with Crippen molar-refractivity contribution in [2.75, 3.05) is 32.5 Å². The van der Waals surface area contributed by atoms with Crippen molar-refractivity contribution in [3.8, 4) is 0 Å². The normalized spacial score (nSPS) is 11.5. The molecule has 2 amide bonds. The third kappa shape index (κ3) is 4.76. The lowest BCUT2D eigenvalue weighted by Gasteiger charge is -2.28. The van der Waals surface area contributed by atoms with E-state index in [4.69, 9.17) is 0 Å². The fraction of sp³-hybridized carbons (Fsp3) is 0.389. The summed E-state index contributed by atoms with van der Waals surface area (Å²) in [7, 11) is 3.95. The highest BCUT2D eigenvalue weighted by Crippen LogP contribution is 2.20. The third-order valence-corrected chi connectivity index (χ3v) is 3.56. The van der Waals surface area contributed by atoms with Crippen molar-refractivity contribution in [1.29, 1.82) is 0 Å². The molecular weight excluding hydrogens is 304 g/mol. The number of hydrogen-bond donors (Lipinski definition) is 2. The summed E-state index contributed by atoms with van der Waals surface area (Å²) < 4.78 is 0. The van der Waals surface area contributed by atoms with Crippen LogP contribution in [0.15, 0.2) is 36.5 Å². The molecule has 0 aliphatic carbocycles. The van der Waals surface area contributed by atoms with Gasteiger partial charge in [0.25, 0.3) is 0 Å². The van der Waals surface area contributed by atoms with Gasteiger partial charge >= 0.3 is 11.8 Å². The van der Waals surface area contributed by atoms with Crippen molar-refractivity contribution in [1.82, 2.24) is 15.2 Å². The average Bonchev–Trinajstić information content (AvgIpc) is 2.52. The number of anilines is 1. The standard InChI is InChI=1S/C18H24N4O2/c1-18(2,12-22(3)4)11-20-16(23)17(24)21-14-9-5-7-13-8-6-10-19-15(13)14/h5-10H,11-12H2,1-4H3,(H,20,23)(H,21,24). The van der Waals surface area contributed by atoms with E-state index < -0.39 is 11.8 Å². The van der Waals surface area contributed by atoms with Gasteiger partial charge in [-0.3, -0.25) is 14.6 Å². The lowest BCUT2D eigenvalue weighted by molar-refractivity contribution is -0.136. The summed E-state index contributed by atoms with van der Waals surface area (Å²) in [6.45, 7) is 5.31. The minimum absolute atomic E-state index is 0.125. The molecule has 24 heavy (non-hydrogen) atoms. The van der Waals surface area contributed by atoms with E-state index in [0.29, 0.717) is 17.7 Å². The predicted octanol–water partition coefficient (Wildman–Crippen LogP) is 1.88. The number of nitrogens with zero attached hydrogens (tertiary/aromatic N) is 2. The molecule has 0 spiro atoms. The second kappa shape index (κ2) is 7.40. The number of pyridine rings is 1. The summed E-state index contributed by atoms with van der Waals surface area (Å²) in [5.41, 5.74) is 1.07. The maximum absolute atomic E-state index is 12.1. The predicted molar refractivity (Wildman–Crippen MR) is 95.7 cm³/mol. The number of carbonyl (C=O) groups excluding carboxylic acids is 2. The molecule has 2 aromatic rings. The van der Waals surface area contributed by atoms with E-state index >= 15 is 0 Å². The van der Waals surface area contributed by atoms with Crippen molar-refractivity contribution in [2.45, 2.75) is 13.8 Å². The van der Waals surface area contributed by atoms with Crippen molar-refractivity contribution < 1.29 is 9.59 Å². The van der Waals surface area contributed by atoms with Gasteiger partial charge < -0.3 is 15.5 Å². The van der Waals surface area contributed by atoms with E-state index in [0.717, 1.165) is 11.9 Å². The zero-order valence-corrected chi connectivity index (χ0v) is 14.6. The van der Waals surface area contributed by atoms with Crippen LogP contribution in [0.25, 0.3) is 10.9 Å². The van der Waals surface area contributed by atoms with Crippen LogP contribution in [0.1, 0.15) is 13.8 Å². The first-order valence-corrected chi connectivity index (χ1v) is 7.86. The average molecular weight is 328 g/mol. The lowest BCUT2D eigenvalue weighted by Crippen LogP contribution is -2.43. The second-order valence-corrected chi connectivity index (χ2v) is 6.92. The van der Waals surface area contributed by atoms with E-state index in [1.807, 2.05) is 57.1 Å². The smallest absolute Gasteiger partial charge is 0.313 e. The highest BCUT2D eigenvalue weighted by atomic mass is 16.2. The van der Waals surface area contributed by atoms with Gasteiger partial charge in [-0.15, -0.1) is 0 Å². The van der Waals surface area contributed by atoms with Gasteiger partial charge in [0.2, 0.25) is 0 Å². The number of fused-ring (bicyclic) bond motifs is 1. The van der Waals surface area contributed by atoms with Gasteiger partial charge in [0, 0.05) is 24.7 Å². The number of nitrogens with one attached hydrogen (secondary N) is 2. The Labute approximate surface area is 142 Å². The zero-order chi connectivity index (χ0) is 17.7. The molecule has 0 fully saturated rings. The molecule has 0 radical (unpaired) electrons. The Kier molecular flexibility index (Phi) is 5.51. The van der Waals surface area contributed by atoms with E-state index in [1.165, 1.54) is 0 Å². The van der Waals surface area contributed by atoms with E-state index in [2.05, 4.69) is 15.6 Å². The summed E-state index contributed by atoms with van der Waals surface area (Å²) in [6, 6.07) is 9.19. The van der Waals surface area contributed by atoms with Gasteiger partial charge in [0.1, 0.15) is 0 Å². The lowest BCUT2D eigenvalue weighted by atomic mass is 9.93. The highest BCUT2D eigenvalue weighted by molar-refractivity contribution is 6.40. The first-order chi connectivity index (χ1) is 11.3. The first-order valence-electron chi connectivity index (χ1n) is 7.86. The fourth-order valence-electron chi connectivity index (χ4n) is 2.70. The minimum atomic E-state index is -0.686. The van der Waals surface area contributed by atoms with Crippen LogP contribution in [0.3, 0.4) is 0 Å². The molecule has 0 unspecified atom stereocenters. The van der Waals surface area contributed by atoms with Gasteiger partial charge in [0.05, 0.1) is 11.2 Å². The third-order valence-electron chi connectivity index (χ3n) is 3.56.